The molecule has 1 unspecified atom stereocenters. The molecule has 0 amide bonds. The lowest BCUT2D eigenvalue weighted by atomic mass is 9.76. The first-order valence-corrected chi connectivity index (χ1v) is 10.6. The zero-order valence-corrected chi connectivity index (χ0v) is 17.9. The van der Waals surface area contributed by atoms with E-state index in [0.717, 1.165) is 18.7 Å². The van der Waals surface area contributed by atoms with Gasteiger partial charge in [-0.2, -0.15) is 0 Å². The number of nitrogens with zero attached hydrogens (tertiary/aromatic N) is 4. The van der Waals surface area contributed by atoms with Gasteiger partial charge in [0.05, 0.1) is 24.0 Å². The summed E-state index contributed by atoms with van der Waals surface area (Å²) in [6.07, 6.45) is 5.60. The average molecular weight is 426 g/mol. The van der Waals surface area contributed by atoms with Crippen LogP contribution in [0, 0.1) is 11.2 Å². The Kier molecular flexibility index (Phi) is 6.18. The highest BCUT2D eigenvalue weighted by Gasteiger charge is 2.44. The van der Waals surface area contributed by atoms with Gasteiger partial charge in [0, 0.05) is 44.4 Å². The number of aromatic nitrogens is 3. The number of piperidine rings is 1. The van der Waals surface area contributed by atoms with Crippen molar-refractivity contribution in [1.29, 1.82) is 0 Å². The van der Waals surface area contributed by atoms with E-state index in [1.165, 1.54) is 12.1 Å². The summed E-state index contributed by atoms with van der Waals surface area (Å²) in [6.45, 7) is 4.32. The van der Waals surface area contributed by atoms with Crippen LogP contribution in [0.1, 0.15) is 31.2 Å². The van der Waals surface area contributed by atoms with Crippen molar-refractivity contribution in [3.05, 3.63) is 60.1 Å². The van der Waals surface area contributed by atoms with Crippen molar-refractivity contribution in [2.75, 3.05) is 19.7 Å². The molecular weight excluding hydrogens is 399 g/mol. The van der Waals surface area contributed by atoms with Crippen molar-refractivity contribution in [3.8, 4) is 11.3 Å². The Balaban J connectivity index is 1.56. The number of esters is 1. The SMILES string of the molecule is CCOC(=O)C1(Cc2cc(-c3cccc(F)c3)no2)CCCN(Cc2cncn2C)C1. The van der Waals surface area contributed by atoms with Crippen LogP contribution < -0.4 is 0 Å². The van der Waals surface area contributed by atoms with Crippen LogP contribution in [-0.4, -0.2) is 45.3 Å². The molecule has 0 bridgehead atoms. The molecule has 1 fully saturated rings. The lowest BCUT2D eigenvalue weighted by Crippen LogP contribution is -2.49. The third kappa shape index (κ3) is 4.69. The number of likely N-dealkylation sites (tertiary alicyclic amines) is 1. The number of carbonyl (C=O) groups excluding carboxylic acids is 1. The number of hydrogen-bond acceptors (Lipinski definition) is 6. The third-order valence-corrected chi connectivity index (χ3v) is 5.86. The van der Waals surface area contributed by atoms with Crippen molar-refractivity contribution in [1.82, 2.24) is 19.6 Å². The number of ether oxygens (including phenoxy) is 1. The number of carbonyl (C=O) groups is 1. The predicted molar refractivity (Wildman–Crippen MR) is 112 cm³/mol. The molecule has 1 aliphatic rings. The van der Waals surface area contributed by atoms with Gasteiger partial charge >= 0.3 is 5.97 Å². The summed E-state index contributed by atoms with van der Waals surface area (Å²) in [5.41, 5.74) is 1.57. The number of benzene rings is 1. The average Bonchev–Trinajstić information content (AvgIpc) is 3.38. The topological polar surface area (TPSA) is 73.4 Å². The lowest BCUT2D eigenvalue weighted by molar-refractivity contribution is -0.159. The highest BCUT2D eigenvalue weighted by Crippen LogP contribution is 2.36. The van der Waals surface area contributed by atoms with Gasteiger partial charge in [0.15, 0.2) is 0 Å². The van der Waals surface area contributed by atoms with E-state index in [9.17, 15) is 9.18 Å². The molecule has 2 aromatic heterocycles. The number of hydrogen-bond donors (Lipinski definition) is 0. The second-order valence-electron chi connectivity index (χ2n) is 8.18. The fourth-order valence-corrected chi connectivity index (χ4v) is 4.31. The Morgan fingerprint density at radius 2 is 2.23 bits per heavy atom. The molecule has 0 saturated carbocycles. The summed E-state index contributed by atoms with van der Waals surface area (Å²) in [6, 6.07) is 8.01. The molecule has 4 rings (SSSR count). The summed E-state index contributed by atoms with van der Waals surface area (Å²) in [7, 11) is 1.97. The van der Waals surface area contributed by atoms with Crippen LogP contribution in [-0.2, 0) is 29.5 Å². The molecule has 3 heterocycles. The molecule has 0 aliphatic carbocycles. The fraction of sp³-hybridized carbons (Fsp3) is 0.435. The monoisotopic (exact) mass is 426 g/mol. The van der Waals surface area contributed by atoms with Crippen molar-refractivity contribution in [2.24, 2.45) is 12.5 Å². The van der Waals surface area contributed by atoms with Gasteiger partial charge in [-0.1, -0.05) is 17.3 Å². The number of imidazole rings is 1. The van der Waals surface area contributed by atoms with Gasteiger partial charge in [-0.3, -0.25) is 9.69 Å². The van der Waals surface area contributed by atoms with Gasteiger partial charge in [-0.25, -0.2) is 9.37 Å². The predicted octanol–water partition coefficient (Wildman–Crippen LogP) is 3.60. The minimum atomic E-state index is -0.717. The first kappa shape index (κ1) is 21.2. The Labute approximate surface area is 180 Å². The molecular formula is C23H27FN4O3. The zero-order valence-electron chi connectivity index (χ0n) is 17.9. The van der Waals surface area contributed by atoms with Crippen molar-refractivity contribution in [2.45, 2.75) is 32.7 Å². The second kappa shape index (κ2) is 9.01. The summed E-state index contributed by atoms with van der Waals surface area (Å²) >= 11 is 0. The summed E-state index contributed by atoms with van der Waals surface area (Å²) in [5.74, 6) is 0.0474. The molecule has 7 nitrogen and oxygen atoms in total. The van der Waals surface area contributed by atoms with Crippen molar-refractivity contribution < 1.29 is 18.4 Å². The first-order chi connectivity index (χ1) is 15.0. The Morgan fingerprint density at radius 1 is 1.35 bits per heavy atom. The van der Waals surface area contributed by atoms with E-state index in [2.05, 4.69) is 15.0 Å². The quantitative estimate of drug-likeness (QED) is 0.538. The smallest absolute Gasteiger partial charge is 0.313 e. The van der Waals surface area contributed by atoms with E-state index >= 15 is 0 Å². The normalized spacial score (nSPS) is 19.5. The minimum Gasteiger partial charge on any atom is -0.466 e. The van der Waals surface area contributed by atoms with Gasteiger partial charge in [0.1, 0.15) is 17.3 Å². The van der Waals surface area contributed by atoms with Crippen LogP contribution in [0.25, 0.3) is 11.3 Å². The van der Waals surface area contributed by atoms with Crippen molar-refractivity contribution >= 4 is 5.97 Å². The van der Waals surface area contributed by atoms with E-state index in [4.69, 9.17) is 9.26 Å². The fourth-order valence-electron chi connectivity index (χ4n) is 4.31. The standard InChI is InChI=1S/C23H27FN4O3/c1-3-30-22(29)23(8-5-9-28(15-23)14-19-13-25-16-27(19)2)12-20-11-21(26-31-20)17-6-4-7-18(24)10-17/h4,6-7,10-11,13,16H,3,5,8-9,12,14-15H2,1-2H3. The van der Waals surface area contributed by atoms with Crippen LogP contribution in [0.15, 0.2) is 47.4 Å². The molecule has 0 N–H and O–H groups in total. The second-order valence-corrected chi connectivity index (χ2v) is 8.18. The Morgan fingerprint density at radius 3 is 2.97 bits per heavy atom. The van der Waals surface area contributed by atoms with Crippen LogP contribution in [0.2, 0.25) is 0 Å². The molecule has 1 saturated heterocycles. The highest BCUT2D eigenvalue weighted by molar-refractivity contribution is 5.77. The maximum Gasteiger partial charge on any atom is 0.313 e. The molecule has 31 heavy (non-hydrogen) atoms. The molecule has 8 heteroatoms. The maximum atomic E-state index is 13.6. The van der Waals surface area contributed by atoms with Crippen LogP contribution >= 0.6 is 0 Å². The van der Waals surface area contributed by atoms with E-state index in [0.29, 0.717) is 49.6 Å². The van der Waals surface area contributed by atoms with E-state index in [1.807, 2.05) is 24.7 Å². The summed E-state index contributed by atoms with van der Waals surface area (Å²) in [4.78, 5) is 19.5. The third-order valence-electron chi connectivity index (χ3n) is 5.86. The summed E-state index contributed by atoms with van der Waals surface area (Å²) in [5, 5.41) is 4.10. The zero-order chi connectivity index (χ0) is 21.8. The van der Waals surface area contributed by atoms with Gasteiger partial charge in [0.25, 0.3) is 0 Å². The molecule has 164 valence electrons. The lowest BCUT2D eigenvalue weighted by Gasteiger charge is -2.40. The van der Waals surface area contributed by atoms with Crippen LogP contribution in [0.4, 0.5) is 4.39 Å². The van der Waals surface area contributed by atoms with Crippen LogP contribution in [0.5, 0.6) is 0 Å². The van der Waals surface area contributed by atoms with Gasteiger partial charge in [-0.05, 0) is 38.4 Å². The highest BCUT2D eigenvalue weighted by atomic mass is 19.1. The summed E-state index contributed by atoms with van der Waals surface area (Å²) < 4.78 is 26.6. The Bertz CT molecular complexity index is 1050. The molecule has 3 aromatic rings. The van der Waals surface area contributed by atoms with E-state index < -0.39 is 5.41 Å². The molecule has 1 aromatic carbocycles. The number of aryl methyl sites for hydroxylation is 1. The van der Waals surface area contributed by atoms with Gasteiger partial charge in [-0.15, -0.1) is 0 Å². The molecule has 0 radical (unpaired) electrons. The van der Waals surface area contributed by atoms with E-state index in [-0.39, 0.29) is 11.8 Å². The van der Waals surface area contributed by atoms with Gasteiger partial charge in [0.2, 0.25) is 0 Å². The molecule has 0 spiro atoms. The Hall–Kier alpha value is -3.00. The van der Waals surface area contributed by atoms with Crippen LogP contribution in [0.3, 0.4) is 0 Å². The maximum absolute atomic E-state index is 13.6. The van der Waals surface area contributed by atoms with E-state index in [1.54, 1.807) is 24.5 Å². The molecule has 1 atom stereocenters. The first-order valence-electron chi connectivity index (χ1n) is 10.6. The number of rotatable bonds is 7. The number of halogens is 1. The van der Waals surface area contributed by atoms with Gasteiger partial charge < -0.3 is 13.8 Å². The largest absolute Gasteiger partial charge is 0.466 e. The van der Waals surface area contributed by atoms with Crippen molar-refractivity contribution in [3.63, 3.8) is 0 Å². The molecule has 1 aliphatic heterocycles. The minimum absolute atomic E-state index is 0.214.